The fraction of sp³-hybridized carbons (Fsp3) is 0.538. The summed E-state index contributed by atoms with van der Waals surface area (Å²) in [4.78, 5) is 24.8. The van der Waals surface area contributed by atoms with Gasteiger partial charge in [-0.1, -0.05) is 13.8 Å². The van der Waals surface area contributed by atoms with E-state index in [2.05, 4.69) is 19.2 Å². The molecule has 0 radical (unpaired) electrons. The highest BCUT2D eigenvalue weighted by Crippen LogP contribution is 2.26. The summed E-state index contributed by atoms with van der Waals surface area (Å²) >= 11 is 1.23. The van der Waals surface area contributed by atoms with E-state index < -0.39 is 5.97 Å². The number of carbonyl (C=O) groups is 2. The van der Waals surface area contributed by atoms with Crippen LogP contribution in [0, 0.1) is 11.8 Å². The van der Waals surface area contributed by atoms with E-state index in [0.717, 1.165) is 19.5 Å². The lowest BCUT2D eigenvalue weighted by atomic mass is 9.95. The van der Waals surface area contributed by atoms with Crippen LogP contribution in [0.15, 0.2) is 11.4 Å². The van der Waals surface area contributed by atoms with Crippen LogP contribution in [0.3, 0.4) is 0 Å². The minimum atomic E-state index is -1.02. The number of carbonyl (C=O) groups excluding carboxylic acids is 1. The molecule has 0 aromatic carbocycles. The van der Waals surface area contributed by atoms with Gasteiger partial charge in [-0.3, -0.25) is 5.32 Å². The Morgan fingerprint density at radius 1 is 1.53 bits per heavy atom. The number of urea groups is 1. The minimum absolute atomic E-state index is 0.151. The first kappa shape index (κ1) is 13.9. The predicted molar refractivity (Wildman–Crippen MR) is 74.8 cm³/mol. The van der Waals surface area contributed by atoms with Gasteiger partial charge in [0.25, 0.3) is 0 Å². The number of likely N-dealkylation sites (tertiary alicyclic amines) is 1. The van der Waals surface area contributed by atoms with Gasteiger partial charge >= 0.3 is 12.0 Å². The van der Waals surface area contributed by atoms with Crippen LogP contribution in [-0.2, 0) is 0 Å². The third-order valence-corrected chi connectivity index (χ3v) is 4.40. The van der Waals surface area contributed by atoms with Crippen LogP contribution >= 0.6 is 11.3 Å². The van der Waals surface area contributed by atoms with Gasteiger partial charge in [-0.15, -0.1) is 11.3 Å². The molecule has 1 fully saturated rings. The number of nitrogens with one attached hydrogen (secondary N) is 1. The molecular formula is C13H18N2O3S. The molecule has 2 rings (SSSR count). The van der Waals surface area contributed by atoms with Gasteiger partial charge in [-0.2, -0.15) is 0 Å². The Balaban J connectivity index is 1.98. The fourth-order valence-electron chi connectivity index (χ4n) is 2.27. The van der Waals surface area contributed by atoms with Crippen LogP contribution in [0.2, 0.25) is 0 Å². The van der Waals surface area contributed by atoms with Crippen molar-refractivity contribution in [3.05, 3.63) is 17.0 Å². The highest BCUT2D eigenvalue weighted by Gasteiger charge is 2.28. The maximum atomic E-state index is 12.1. The van der Waals surface area contributed by atoms with E-state index in [1.54, 1.807) is 10.3 Å². The molecule has 0 aliphatic carbocycles. The number of amides is 2. The summed E-state index contributed by atoms with van der Waals surface area (Å²) in [7, 11) is 0. The summed E-state index contributed by atoms with van der Waals surface area (Å²) in [5.74, 6) is 0.0835. The van der Waals surface area contributed by atoms with Crippen molar-refractivity contribution >= 4 is 28.3 Å². The highest BCUT2D eigenvalue weighted by molar-refractivity contribution is 7.14. The number of hydrogen-bond donors (Lipinski definition) is 2. The molecule has 2 heterocycles. The second-order valence-corrected chi connectivity index (χ2v) is 6.05. The largest absolute Gasteiger partial charge is 0.478 e. The van der Waals surface area contributed by atoms with Crippen molar-refractivity contribution in [3.8, 4) is 0 Å². The van der Waals surface area contributed by atoms with Gasteiger partial charge in [0.05, 0.1) is 5.56 Å². The summed E-state index contributed by atoms with van der Waals surface area (Å²) in [6.07, 6.45) is 1.02. The lowest BCUT2D eigenvalue weighted by Crippen LogP contribution is -2.33. The first-order chi connectivity index (χ1) is 8.99. The Morgan fingerprint density at radius 3 is 2.84 bits per heavy atom. The quantitative estimate of drug-likeness (QED) is 0.895. The van der Waals surface area contributed by atoms with Crippen molar-refractivity contribution in [2.75, 3.05) is 18.4 Å². The molecule has 104 valence electrons. The second kappa shape index (κ2) is 5.61. The second-order valence-electron chi connectivity index (χ2n) is 5.14. The summed E-state index contributed by atoms with van der Waals surface area (Å²) in [6, 6.07) is 1.30. The first-order valence-corrected chi connectivity index (χ1v) is 7.23. The number of hydrogen-bond acceptors (Lipinski definition) is 3. The van der Waals surface area contributed by atoms with Gasteiger partial charge in [-0.25, -0.2) is 9.59 Å². The molecule has 6 heteroatoms. The van der Waals surface area contributed by atoms with Crippen LogP contribution < -0.4 is 5.32 Å². The van der Waals surface area contributed by atoms with Crippen molar-refractivity contribution < 1.29 is 14.7 Å². The molecule has 2 N–H and O–H groups in total. The molecule has 1 aromatic rings. The zero-order valence-corrected chi connectivity index (χ0v) is 11.9. The average molecular weight is 282 g/mol. The number of aromatic carboxylic acids is 1. The third-order valence-electron chi connectivity index (χ3n) is 3.57. The molecule has 19 heavy (non-hydrogen) atoms. The van der Waals surface area contributed by atoms with E-state index in [1.807, 2.05) is 0 Å². The lowest BCUT2D eigenvalue weighted by Gasteiger charge is -2.18. The Labute approximate surface area is 116 Å². The van der Waals surface area contributed by atoms with Gasteiger partial charge in [0.15, 0.2) is 0 Å². The van der Waals surface area contributed by atoms with E-state index in [-0.39, 0.29) is 11.6 Å². The number of rotatable bonds is 3. The molecule has 1 unspecified atom stereocenters. The SMILES string of the molecule is CC(C)C1CCN(C(=O)Nc2sccc2C(=O)O)C1. The molecule has 0 saturated carbocycles. The van der Waals surface area contributed by atoms with Gasteiger partial charge in [0, 0.05) is 13.1 Å². The van der Waals surface area contributed by atoms with E-state index in [4.69, 9.17) is 5.11 Å². The first-order valence-electron chi connectivity index (χ1n) is 6.35. The Morgan fingerprint density at radius 2 is 2.26 bits per heavy atom. The smallest absolute Gasteiger partial charge is 0.338 e. The predicted octanol–water partition coefficient (Wildman–Crippen LogP) is 2.96. The topological polar surface area (TPSA) is 69.6 Å². The number of thiophene rings is 1. The van der Waals surface area contributed by atoms with Gasteiger partial charge in [0.1, 0.15) is 5.00 Å². The normalized spacial score (nSPS) is 18.9. The maximum Gasteiger partial charge on any atom is 0.338 e. The van der Waals surface area contributed by atoms with Crippen LogP contribution in [0.25, 0.3) is 0 Å². The number of carboxylic acid groups (broad SMARTS) is 1. The Bertz CT molecular complexity index is 484. The highest BCUT2D eigenvalue weighted by atomic mass is 32.1. The molecule has 0 spiro atoms. The summed E-state index contributed by atoms with van der Waals surface area (Å²) in [5, 5.41) is 13.8. The summed E-state index contributed by atoms with van der Waals surface area (Å²) in [6.45, 7) is 5.81. The minimum Gasteiger partial charge on any atom is -0.478 e. The number of anilines is 1. The van der Waals surface area contributed by atoms with Gasteiger partial charge < -0.3 is 10.0 Å². The van der Waals surface area contributed by atoms with Crippen molar-refractivity contribution in [2.24, 2.45) is 11.8 Å². The number of carboxylic acids is 1. The van der Waals surface area contributed by atoms with E-state index in [1.165, 1.54) is 17.4 Å². The summed E-state index contributed by atoms with van der Waals surface area (Å²) < 4.78 is 0. The van der Waals surface area contributed by atoms with Crippen molar-refractivity contribution in [1.29, 1.82) is 0 Å². The van der Waals surface area contributed by atoms with Crippen molar-refractivity contribution in [3.63, 3.8) is 0 Å². The Hall–Kier alpha value is -1.56. The maximum absolute atomic E-state index is 12.1. The van der Waals surface area contributed by atoms with Crippen molar-refractivity contribution in [1.82, 2.24) is 4.90 Å². The monoisotopic (exact) mass is 282 g/mol. The standard InChI is InChI=1S/C13H18N2O3S/c1-8(2)9-3-5-15(7-9)13(18)14-11-10(12(16)17)4-6-19-11/h4,6,8-9H,3,5,7H2,1-2H3,(H,14,18)(H,16,17). The molecule has 5 nitrogen and oxygen atoms in total. The van der Waals surface area contributed by atoms with E-state index in [9.17, 15) is 9.59 Å². The van der Waals surface area contributed by atoms with Gasteiger partial charge in [-0.05, 0) is 29.7 Å². The zero-order valence-electron chi connectivity index (χ0n) is 11.0. The molecular weight excluding hydrogens is 264 g/mol. The molecule has 1 atom stereocenters. The molecule has 0 bridgehead atoms. The van der Waals surface area contributed by atoms with Gasteiger partial charge in [0.2, 0.25) is 0 Å². The molecule has 1 aliphatic heterocycles. The van der Waals surface area contributed by atoms with Crippen LogP contribution in [0.1, 0.15) is 30.6 Å². The van der Waals surface area contributed by atoms with E-state index >= 15 is 0 Å². The van der Waals surface area contributed by atoms with Crippen LogP contribution in [-0.4, -0.2) is 35.1 Å². The molecule has 1 aromatic heterocycles. The molecule has 2 amide bonds. The average Bonchev–Trinajstić information content (AvgIpc) is 2.96. The summed E-state index contributed by atoms with van der Waals surface area (Å²) in [5.41, 5.74) is 0.151. The third kappa shape index (κ3) is 3.07. The lowest BCUT2D eigenvalue weighted by molar-refractivity contribution is 0.0698. The molecule has 1 saturated heterocycles. The van der Waals surface area contributed by atoms with Crippen molar-refractivity contribution in [2.45, 2.75) is 20.3 Å². The van der Waals surface area contributed by atoms with E-state index in [0.29, 0.717) is 16.8 Å². The Kier molecular flexibility index (Phi) is 4.09. The van der Waals surface area contributed by atoms with Crippen LogP contribution in [0.4, 0.5) is 9.80 Å². The number of nitrogens with zero attached hydrogens (tertiary/aromatic N) is 1. The zero-order chi connectivity index (χ0) is 14.0. The van der Waals surface area contributed by atoms with Crippen LogP contribution in [0.5, 0.6) is 0 Å². The molecule has 1 aliphatic rings. The fourth-order valence-corrected chi connectivity index (χ4v) is 3.04.